The van der Waals surface area contributed by atoms with E-state index in [4.69, 9.17) is 16.3 Å². The molecule has 0 aliphatic rings. The summed E-state index contributed by atoms with van der Waals surface area (Å²) >= 11 is 6.02. The molecule has 1 atom stereocenters. The monoisotopic (exact) mass is 303 g/mol. The van der Waals surface area contributed by atoms with Crippen LogP contribution in [-0.2, 0) is 4.79 Å². The number of aryl methyl sites for hydroxylation is 2. The van der Waals surface area contributed by atoms with Crippen LogP contribution in [0.3, 0.4) is 0 Å². The second-order valence-electron chi connectivity index (χ2n) is 4.98. The molecular formula is C17H18ClNO2. The van der Waals surface area contributed by atoms with Crippen LogP contribution in [0.1, 0.15) is 18.1 Å². The third kappa shape index (κ3) is 3.99. The van der Waals surface area contributed by atoms with Gasteiger partial charge in [0, 0.05) is 0 Å². The van der Waals surface area contributed by atoms with E-state index < -0.39 is 6.10 Å². The molecule has 1 amide bonds. The molecule has 3 nitrogen and oxygen atoms in total. The molecule has 0 heterocycles. The number of benzene rings is 2. The summed E-state index contributed by atoms with van der Waals surface area (Å²) in [5.74, 6) is 0.446. The maximum Gasteiger partial charge on any atom is 0.265 e. The molecule has 21 heavy (non-hydrogen) atoms. The summed E-state index contributed by atoms with van der Waals surface area (Å²) in [6.07, 6.45) is -0.608. The SMILES string of the molecule is Cc1ccc(OC(C)C(=O)Nc2ccccc2Cl)cc1C. The molecule has 110 valence electrons. The first-order valence-corrected chi connectivity index (χ1v) is 7.14. The Bertz CT molecular complexity index is 655. The quantitative estimate of drug-likeness (QED) is 0.911. The van der Waals surface area contributed by atoms with Crippen LogP contribution in [-0.4, -0.2) is 12.0 Å². The minimum absolute atomic E-state index is 0.235. The van der Waals surface area contributed by atoms with Crippen LogP contribution in [0.5, 0.6) is 5.75 Å². The molecule has 2 aromatic carbocycles. The minimum atomic E-state index is -0.608. The topological polar surface area (TPSA) is 38.3 Å². The van der Waals surface area contributed by atoms with Crippen LogP contribution in [0.4, 0.5) is 5.69 Å². The van der Waals surface area contributed by atoms with E-state index in [0.717, 1.165) is 5.56 Å². The number of amides is 1. The molecule has 2 rings (SSSR count). The molecule has 1 unspecified atom stereocenters. The second-order valence-corrected chi connectivity index (χ2v) is 5.38. The van der Waals surface area contributed by atoms with Gasteiger partial charge in [-0.05, 0) is 56.2 Å². The lowest BCUT2D eigenvalue weighted by molar-refractivity contribution is -0.122. The van der Waals surface area contributed by atoms with Gasteiger partial charge < -0.3 is 10.1 Å². The summed E-state index contributed by atoms with van der Waals surface area (Å²) < 4.78 is 5.67. The molecule has 4 heteroatoms. The number of hydrogen-bond acceptors (Lipinski definition) is 2. The molecule has 0 fully saturated rings. The van der Waals surface area contributed by atoms with Crippen molar-refractivity contribution in [1.82, 2.24) is 0 Å². The predicted molar refractivity (Wildman–Crippen MR) is 86.1 cm³/mol. The van der Waals surface area contributed by atoms with Gasteiger partial charge >= 0.3 is 0 Å². The lowest BCUT2D eigenvalue weighted by atomic mass is 10.1. The van der Waals surface area contributed by atoms with E-state index in [1.54, 1.807) is 19.1 Å². The van der Waals surface area contributed by atoms with E-state index in [9.17, 15) is 4.79 Å². The first-order valence-electron chi connectivity index (χ1n) is 6.76. The van der Waals surface area contributed by atoms with Gasteiger partial charge in [0.25, 0.3) is 5.91 Å². The van der Waals surface area contributed by atoms with Gasteiger partial charge in [-0.3, -0.25) is 4.79 Å². The molecule has 0 radical (unpaired) electrons. The van der Waals surface area contributed by atoms with Crippen molar-refractivity contribution < 1.29 is 9.53 Å². The number of carbonyl (C=O) groups excluding carboxylic acids is 1. The Labute approximate surface area is 129 Å². The van der Waals surface area contributed by atoms with Crippen LogP contribution < -0.4 is 10.1 Å². The fourth-order valence-electron chi connectivity index (χ4n) is 1.84. The second kappa shape index (κ2) is 6.64. The number of para-hydroxylation sites is 1. The zero-order valence-corrected chi connectivity index (χ0v) is 13.1. The van der Waals surface area contributed by atoms with Crippen molar-refractivity contribution in [1.29, 1.82) is 0 Å². The zero-order chi connectivity index (χ0) is 15.4. The average molecular weight is 304 g/mol. The van der Waals surface area contributed by atoms with Gasteiger partial charge in [-0.25, -0.2) is 0 Å². The summed E-state index contributed by atoms with van der Waals surface area (Å²) in [6, 6.07) is 12.9. The van der Waals surface area contributed by atoms with Gasteiger partial charge in [0.1, 0.15) is 5.75 Å². The Balaban J connectivity index is 2.02. The summed E-state index contributed by atoms with van der Waals surface area (Å²) in [5, 5.41) is 3.26. The Morgan fingerprint density at radius 3 is 2.52 bits per heavy atom. The number of ether oxygens (including phenoxy) is 1. The van der Waals surface area contributed by atoms with Crippen LogP contribution >= 0.6 is 11.6 Å². The van der Waals surface area contributed by atoms with Gasteiger partial charge in [0.2, 0.25) is 0 Å². The van der Waals surface area contributed by atoms with Gasteiger partial charge in [-0.1, -0.05) is 29.8 Å². The first kappa shape index (κ1) is 15.4. The highest BCUT2D eigenvalue weighted by molar-refractivity contribution is 6.33. The van der Waals surface area contributed by atoms with E-state index in [1.165, 1.54) is 5.56 Å². The number of hydrogen-bond donors (Lipinski definition) is 1. The van der Waals surface area contributed by atoms with Crippen LogP contribution in [0.2, 0.25) is 5.02 Å². The summed E-state index contributed by atoms with van der Waals surface area (Å²) in [5.41, 5.74) is 2.90. The predicted octanol–water partition coefficient (Wildman–Crippen LogP) is 4.36. The van der Waals surface area contributed by atoms with E-state index in [0.29, 0.717) is 16.5 Å². The fourth-order valence-corrected chi connectivity index (χ4v) is 2.02. The molecule has 0 aliphatic carbocycles. The Morgan fingerprint density at radius 1 is 1.14 bits per heavy atom. The molecule has 0 bridgehead atoms. The molecule has 0 saturated carbocycles. The molecule has 0 aromatic heterocycles. The van der Waals surface area contributed by atoms with E-state index in [1.807, 2.05) is 44.2 Å². The van der Waals surface area contributed by atoms with Crippen molar-refractivity contribution >= 4 is 23.2 Å². The van der Waals surface area contributed by atoms with Gasteiger partial charge in [0.05, 0.1) is 10.7 Å². The number of rotatable bonds is 4. The maximum absolute atomic E-state index is 12.1. The van der Waals surface area contributed by atoms with Crippen molar-refractivity contribution in [2.45, 2.75) is 26.9 Å². The molecule has 2 aromatic rings. The number of carbonyl (C=O) groups is 1. The van der Waals surface area contributed by atoms with Crippen molar-refractivity contribution in [3.05, 3.63) is 58.6 Å². The molecule has 0 saturated heterocycles. The Morgan fingerprint density at radius 2 is 1.86 bits per heavy atom. The van der Waals surface area contributed by atoms with E-state index in [-0.39, 0.29) is 5.91 Å². The lowest BCUT2D eigenvalue weighted by Crippen LogP contribution is -2.30. The van der Waals surface area contributed by atoms with Crippen molar-refractivity contribution in [3.63, 3.8) is 0 Å². The van der Waals surface area contributed by atoms with Gasteiger partial charge in [-0.15, -0.1) is 0 Å². The number of halogens is 1. The normalized spacial score (nSPS) is 11.8. The van der Waals surface area contributed by atoms with Gasteiger partial charge in [-0.2, -0.15) is 0 Å². The van der Waals surface area contributed by atoms with Crippen LogP contribution in [0.25, 0.3) is 0 Å². The Hall–Kier alpha value is -2.00. The fraction of sp³-hybridized carbons (Fsp3) is 0.235. The van der Waals surface area contributed by atoms with Crippen molar-refractivity contribution in [2.75, 3.05) is 5.32 Å². The van der Waals surface area contributed by atoms with Crippen molar-refractivity contribution in [2.24, 2.45) is 0 Å². The third-order valence-electron chi connectivity index (χ3n) is 3.29. The van der Waals surface area contributed by atoms with Crippen LogP contribution in [0, 0.1) is 13.8 Å². The van der Waals surface area contributed by atoms with Crippen LogP contribution in [0.15, 0.2) is 42.5 Å². The maximum atomic E-state index is 12.1. The molecule has 0 aliphatic heterocycles. The standard InChI is InChI=1S/C17H18ClNO2/c1-11-8-9-14(10-12(11)2)21-13(3)17(20)19-16-7-5-4-6-15(16)18/h4-10,13H,1-3H3,(H,19,20). The highest BCUT2D eigenvalue weighted by Crippen LogP contribution is 2.22. The highest BCUT2D eigenvalue weighted by Gasteiger charge is 2.16. The zero-order valence-electron chi connectivity index (χ0n) is 12.3. The smallest absolute Gasteiger partial charge is 0.265 e. The molecule has 0 spiro atoms. The van der Waals surface area contributed by atoms with Crippen molar-refractivity contribution in [3.8, 4) is 5.75 Å². The number of nitrogens with one attached hydrogen (secondary N) is 1. The highest BCUT2D eigenvalue weighted by atomic mass is 35.5. The third-order valence-corrected chi connectivity index (χ3v) is 3.62. The Kier molecular flexibility index (Phi) is 4.86. The average Bonchev–Trinajstić information content (AvgIpc) is 2.45. The van der Waals surface area contributed by atoms with E-state index in [2.05, 4.69) is 5.32 Å². The molecule has 1 N–H and O–H groups in total. The summed E-state index contributed by atoms with van der Waals surface area (Å²) in [4.78, 5) is 12.1. The summed E-state index contributed by atoms with van der Waals surface area (Å²) in [7, 11) is 0. The van der Waals surface area contributed by atoms with Gasteiger partial charge in [0.15, 0.2) is 6.10 Å². The minimum Gasteiger partial charge on any atom is -0.481 e. The summed E-state index contributed by atoms with van der Waals surface area (Å²) in [6.45, 7) is 5.75. The first-order chi connectivity index (χ1) is 9.97. The van der Waals surface area contributed by atoms with E-state index >= 15 is 0 Å². The lowest BCUT2D eigenvalue weighted by Gasteiger charge is -2.16. The number of anilines is 1. The largest absolute Gasteiger partial charge is 0.481 e. The molecular weight excluding hydrogens is 286 g/mol.